The van der Waals surface area contributed by atoms with Gasteiger partial charge >= 0.3 is 13.6 Å². The predicted molar refractivity (Wildman–Crippen MR) is 135 cm³/mol. The first-order chi connectivity index (χ1) is 15.0. The van der Waals surface area contributed by atoms with Gasteiger partial charge in [-0.2, -0.15) is 0 Å². The maximum absolute atomic E-state index is 12.5. The molecule has 0 saturated heterocycles. The molecule has 0 radical (unpaired) electrons. The van der Waals surface area contributed by atoms with Gasteiger partial charge in [-0.25, -0.2) is 0 Å². The molecule has 33 heavy (non-hydrogen) atoms. The number of hydrogen-bond acceptors (Lipinski definition) is 3. The molecule has 0 saturated carbocycles. The van der Waals surface area contributed by atoms with Gasteiger partial charge < -0.3 is 14.9 Å². The zero-order chi connectivity index (χ0) is 25.1. The van der Waals surface area contributed by atoms with Crippen molar-refractivity contribution < 1.29 is 24.3 Å². The van der Waals surface area contributed by atoms with E-state index in [1.807, 2.05) is 42.5 Å². The summed E-state index contributed by atoms with van der Waals surface area (Å²) in [5.41, 5.74) is 2.47. The topological polar surface area (TPSA) is 107 Å². The molecule has 0 heterocycles. The second-order valence-corrected chi connectivity index (χ2v) is 14.4. The summed E-state index contributed by atoms with van der Waals surface area (Å²) in [6.07, 6.45) is -1.79. The molecule has 182 valence electrons. The lowest BCUT2D eigenvalue weighted by molar-refractivity contribution is -0.139. The molecule has 0 amide bonds. The van der Waals surface area contributed by atoms with E-state index in [1.165, 1.54) is 0 Å². The smallest absolute Gasteiger partial charge is 0.345 e. The fourth-order valence-corrected chi connectivity index (χ4v) is 6.48. The SMILES string of the molecule is O=C(O)C(Cc1ccc(-c2ccccc2)cc1)NC(CC(Cl)(Cl)Cl)(CC(Cl)(Cl)Cl)P(=O)(O)O. The Morgan fingerprint density at radius 1 is 0.848 bits per heavy atom. The van der Waals surface area contributed by atoms with E-state index in [1.54, 1.807) is 12.1 Å². The molecule has 0 spiro atoms. The maximum Gasteiger partial charge on any atom is 0.345 e. The molecule has 13 heteroatoms. The monoisotopic (exact) mass is 595 g/mol. The third kappa shape index (κ3) is 9.05. The van der Waals surface area contributed by atoms with Gasteiger partial charge in [-0.05, 0) is 23.1 Å². The summed E-state index contributed by atoms with van der Waals surface area (Å²) in [6, 6.07) is 15.1. The summed E-state index contributed by atoms with van der Waals surface area (Å²) < 4.78 is 8.13. The van der Waals surface area contributed by atoms with Crippen molar-refractivity contribution in [1.29, 1.82) is 0 Å². The molecular formula is C20H20Cl6NO5P. The van der Waals surface area contributed by atoms with Crippen molar-refractivity contribution in [2.24, 2.45) is 0 Å². The fourth-order valence-electron chi connectivity index (χ4n) is 3.34. The van der Waals surface area contributed by atoms with Crippen molar-refractivity contribution in [1.82, 2.24) is 5.32 Å². The molecule has 6 nitrogen and oxygen atoms in total. The van der Waals surface area contributed by atoms with Crippen LogP contribution in [0.2, 0.25) is 0 Å². The van der Waals surface area contributed by atoms with Gasteiger partial charge in [0.1, 0.15) is 11.3 Å². The normalized spacial score (nSPS) is 14.2. The van der Waals surface area contributed by atoms with Crippen LogP contribution in [0.3, 0.4) is 0 Å². The molecule has 0 fully saturated rings. The van der Waals surface area contributed by atoms with Crippen LogP contribution in [0.25, 0.3) is 11.1 Å². The third-order valence-corrected chi connectivity index (χ3v) is 7.15. The Labute approximate surface area is 221 Å². The standard InChI is InChI=1S/C20H20Cl6NO5P/c21-19(22,23)11-18(33(30,31)32,12-20(24,25)26)27-16(17(28)29)10-13-6-8-15(9-7-13)14-4-2-1-3-5-14/h1-9,16,27H,10-12H2,(H,28,29)(H2,30,31,32). The zero-order valence-corrected chi connectivity index (χ0v) is 22.2. The maximum atomic E-state index is 12.5. The molecule has 0 bridgehead atoms. The number of nitrogens with one attached hydrogen (secondary N) is 1. The van der Waals surface area contributed by atoms with Crippen LogP contribution in [0.1, 0.15) is 18.4 Å². The highest BCUT2D eigenvalue weighted by Crippen LogP contribution is 2.60. The lowest BCUT2D eigenvalue weighted by Gasteiger charge is -2.41. The van der Waals surface area contributed by atoms with Gasteiger partial charge in [0.15, 0.2) is 7.59 Å². The highest BCUT2D eigenvalue weighted by molar-refractivity contribution is 7.53. The molecule has 4 N–H and O–H groups in total. The Morgan fingerprint density at radius 2 is 1.30 bits per heavy atom. The van der Waals surface area contributed by atoms with E-state index in [-0.39, 0.29) is 6.42 Å². The van der Waals surface area contributed by atoms with Crippen LogP contribution in [0.4, 0.5) is 0 Å². The number of carboxylic acids is 1. The van der Waals surface area contributed by atoms with E-state index < -0.39 is 45.3 Å². The Balaban J connectivity index is 2.38. The number of carboxylic acid groups (broad SMARTS) is 1. The minimum Gasteiger partial charge on any atom is -0.480 e. The minimum absolute atomic E-state index is 0.147. The molecule has 0 aliphatic heterocycles. The fraction of sp³-hybridized carbons (Fsp3) is 0.350. The Morgan fingerprint density at radius 3 is 1.70 bits per heavy atom. The largest absolute Gasteiger partial charge is 0.480 e. The van der Waals surface area contributed by atoms with Crippen LogP contribution >= 0.6 is 77.2 Å². The first-order valence-electron chi connectivity index (χ1n) is 9.35. The van der Waals surface area contributed by atoms with Gasteiger partial charge in [0, 0.05) is 12.8 Å². The van der Waals surface area contributed by atoms with Crippen molar-refractivity contribution in [3.05, 3.63) is 60.2 Å². The van der Waals surface area contributed by atoms with E-state index in [4.69, 9.17) is 69.6 Å². The van der Waals surface area contributed by atoms with Crippen LogP contribution in [-0.4, -0.2) is 39.8 Å². The average Bonchev–Trinajstić information content (AvgIpc) is 2.65. The molecule has 0 aliphatic rings. The number of rotatable bonds is 9. The number of halogens is 6. The second kappa shape index (κ2) is 11.2. The van der Waals surface area contributed by atoms with Gasteiger partial charge in [0.25, 0.3) is 0 Å². The Bertz CT molecular complexity index is 973. The molecule has 0 aliphatic carbocycles. The van der Waals surface area contributed by atoms with E-state index in [0.29, 0.717) is 5.56 Å². The quantitative estimate of drug-likeness (QED) is 0.199. The Kier molecular flexibility index (Phi) is 9.85. The molecular weight excluding hydrogens is 578 g/mol. The van der Waals surface area contributed by atoms with E-state index in [0.717, 1.165) is 11.1 Å². The van der Waals surface area contributed by atoms with E-state index in [2.05, 4.69) is 5.32 Å². The number of aliphatic carboxylic acids is 1. The lowest BCUT2D eigenvalue weighted by Crippen LogP contribution is -2.56. The van der Waals surface area contributed by atoms with Crippen molar-refractivity contribution in [3.63, 3.8) is 0 Å². The van der Waals surface area contributed by atoms with Crippen LogP contribution < -0.4 is 5.32 Å². The Hall–Kier alpha value is -0.240. The van der Waals surface area contributed by atoms with Gasteiger partial charge in [-0.3, -0.25) is 14.7 Å². The number of carbonyl (C=O) groups is 1. The van der Waals surface area contributed by atoms with Gasteiger partial charge in [-0.1, -0.05) is 124 Å². The van der Waals surface area contributed by atoms with Gasteiger partial charge in [0.2, 0.25) is 0 Å². The highest BCUT2D eigenvalue weighted by atomic mass is 35.6. The minimum atomic E-state index is -5.23. The number of alkyl halides is 6. The van der Waals surface area contributed by atoms with E-state index >= 15 is 0 Å². The van der Waals surface area contributed by atoms with Crippen LogP contribution in [0, 0.1) is 0 Å². The molecule has 1 atom stereocenters. The summed E-state index contributed by atoms with van der Waals surface area (Å²) in [4.78, 5) is 32.3. The van der Waals surface area contributed by atoms with Crippen LogP contribution in [-0.2, 0) is 15.8 Å². The van der Waals surface area contributed by atoms with Gasteiger partial charge in [0.05, 0.1) is 0 Å². The van der Waals surface area contributed by atoms with Crippen molar-refractivity contribution in [2.45, 2.75) is 38.2 Å². The van der Waals surface area contributed by atoms with Crippen LogP contribution in [0.15, 0.2) is 54.6 Å². The molecule has 2 rings (SSSR count). The summed E-state index contributed by atoms with van der Waals surface area (Å²) in [6.45, 7) is 0. The zero-order valence-electron chi connectivity index (χ0n) is 16.8. The van der Waals surface area contributed by atoms with Crippen LogP contribution in [0.5, 0.6) is 0 Å². The second-order valence-electron chi connectivity index (χ2n) is 7.46. The van der Waals surface area contributed by atoms with Crippen molar-refractivity contribution in [2.75, 3.05) is 0 Å². The van der Waals surface area contributed by atoms with Crippen molar-refractivity contribution >= 4 is 83.2 Å². The summed E-state index contributed by atoms with van der Waals surface area (Å²) in [5, 5.41) is 9.78. The molecule has 1 unspecified atom stereocenters. The molecule has 2 aromatic carbocycles. The molecule has 0 aromatic heterocycles. The first-order valence-corrected chi connectivity index (χ1v) is 13.2. The lowest BCUT2D eigenvalue weighted by atomic mass is 9.99. The average molecular weight is 598 g/mol. The summed E-state index contributed by atoms with van der Waals surface area (Å²) in [5.74, 6) is -1.39. The molecule has 2 aromatic rings. The predicted octanol–water partition coefficient (Wildman–Crippen LogP) is 6.33. The number of hydrogen-bond donors (Lipinski definition) is 4. The van der Waals surface area contributed by atoms with Crippen molar-refractivity contribution in [3.8, 4) is 11.1 Å². The first kappa shape index (κ1) is 29.0. The summed E-state index contributed by atoms with van der Waals surface area (Å²) in [7, 11) is -5.23. The third-order valence-electron chi connectivity index (χ3n) is 4.79. The van der Waals surface area contributed by atoms with E-state index in [9.17, 15) is 24.3 Å². The highest BCUT2D eigenvalue weighted by Gasteiger charge is 2.56. The van der Waals surface area contributed by atoms with Gasteiger partial charge in [-0.15, -0.1) is 0 Å². The summed E-state index contributed by atoms with van der Waals surface area (Å²) >= 11 is 34.9. The number of benzene rings is 2.